The third-order valence-electron chi connectivity index (χ3n) is 3.09. The molecule has 0 spiro atoms. The zero-order valence-corrected chi connectivity index (χ0v) is 11.5. The lowest BCUT2D eigenvalue weighted by molar-refractivity contribution is -0.107. The van der Waals surface area contributed by atoms with E-state index in [0.29, 0.717) is 6.54 Å². The monoisotopic (exact) mass is 285 g/mol. The van der Waals surface area contributed by atoms with E-state index in [9.17, 15) is 9.59 Å². The van der Waals surface area contributed by atoms with E-state index in [1.165, 1.54) is 17.0 Å². The molecule has 108 valence electrons. The molecule has 0 saturated heterocycles. The van der Waals surface area contributed by atoms with Gasteiger partial charge in [0.1, 0.15) is 5.75 Å². The minimum atomic E-state index is -0.969. The fourth-order valence-electron chi connectivity index (χ4n) is 1.91. The van der Waals surface area contributed by atoms with Crippen LogP contribution in [0.2, 0.25) is 0 Å². The minimum absolute atomic E-state index is 0.223. The summed E-state index contributed by atoms with van der Waals surface area (Å²) in [4.78, 5) is 23.6. The van der Waals surface area contributed by atoms with Crippen molar-refractivity contribution in [2.45, 2.75) is 6.54 Å². The van der Waals surface area contributed by atoms with Gasteiger partial charge in [-0.1, -0.05) is 12.1 Å². The summed E-state index contributed by atoms with van der Waals surface area (Å²) in [5.74, 6) is -0.251. The van der Waals surface area contributed by atoms with Gasteiger partial charge in [-0.25, -0.2) is 4.79 Å². The molecule has 0 aliphatic rings. The van der Waals surface area contributed by atoms with E-state index in [-0.39, 0.29) is 5.56 Å². The van der Waals surface area contributed by atoms with Crippen LogP contribution in [-0.2, 0) is 11.3 Å². The van der Waals surface area contributed by atoms with Gasteiger partial charge in [-0.2, -0.15) is 0 Å². The first-order valence-corrected chi connectivity index (χ1v) is 6.32. The lowest BCUT2D eigenvalue weighted by atomic mass is 10.1. The largest absolute Gasteiger partial charge is 0.497 e. The molecular formula is C16H15NO4. The fourth-order valence-corrected chi connectivity index (χ4v) is 1.91. The molecule has 1 amide bonds. The first-order chi connectivity index (χ1) is 10.1. The molecule has 0 aliphatic heterocycles. The highest BCUT2D eigenvalue weighted by molar-refractivity contribution is 5.87. The van der Waals surface area contributed by atoms with E-state index in [2.05, 4.69) is 0 Å². The molecule has 0 bridgehead atoms. The van der Waals surface area contributed by atoms with Crippen LogP contribution in [-0.4, -0.2) is 24.6 Å². The Morgan fingerprint density at radius 3 is 2.24 bits per heavy atom. The highest BCUT2D eigenvalue weighted by atomic mass is 16.5. The van der Waals surface area contributed by atoms with Crippen molar-refractivity contribution >= 4 is 18.1 Å². The number of anilines is 1. The SMILES string of the molecule is COc1ccc(N(C=O)Cc2ccc(C(=O)O)cc2)cc1. The molecular weight excluding hydrogens is 270 g/mol. The zero-order chi connectivity index (χ0) is 15.2. The number of benzene rings is 2. The van der Waals surface area contributed by atoms with Gasteiger partial charge in [-0.15, -0.1) is 0 Å². The maximum Gasteiger partial charge on any atom is 0.335 e. The molecule has 0 heterocycles. The van der Waals surface area contributed by atoms with E-state index < -0.39 is 5.97 Å². The first kappa shape index (κ1) is 14.6. The van der Waals surface area contributed by atoms with Gasteiger partial charge < -0.3 is 14.7 Å². The second-order valence-electron chi connectivity index (χ2n) is 4.43. The molecule has 0 fully saturated rings. The molecule has 2 aromatic carbocycles. The molecule has 2 rings (SSSR count). The number of carbonyl (C=O) groups excluding carboxylic acids is 1. The van der Waals surface area contributed by atoms with Crippen molar-refractivity contribution in [2.24, 2.45) is 0 Å². The standard InChI is InChI=1S/C16H15NO4/c1-21-15-8-6-14(7-9-15)17(11-18)10-12-2-4-13(5-3-12)16(19)20/h2-9,11H,10H2,1H3,(H,19,20). The Balaban J connectivity index is 2.14. The normalized spacial score (nSPS) is 9.95. The van der Waals surface area contributed by atoms with Crippen LogP contribution < -0.4 is 9.64 Å². The van der Waals surface area contributed by atoms with Crippen LogP contribution in [0, 0.1) is 0 Å². The summed E-state index contributed by atoms with van der Waals surface area (Å²) in [5, 5.41) is 8.85. The smallest absolute Gasteiger partial charge is 0.335 e. The van der Waals surface area contributed by atoms with Gasteiger partial charge in [0, 0.05) is 5.69 Å². The van der Waals surface area contributed by atoms with Crippen molar-refractivity contribution in [1.82, 2.24) is 0 Å². The molecule has 21 heavy (non-hydrogen) atoms. The number of hydrogen-bond acceptors (Lipinski definition) is 3. The second kappa shape index (κ2) is 6.56. The molecule has 2 aromatic rings. The van der Waals surface area contributed by atoms with Crippen LogP contribution in [0.5, 0.6) is 5.75 Å². The molecule has 0 radical (unpaired) electrons. The van der Waals surface area contributed by atoms with Gasteiger partial charge >= 0.3 is 5.97 Å². The number of rotatable bonds is 6. The molecule has 5 nitrogen and oxygen atoms in total. The Kier molecular flexibility index (Phi) is 4.56. The third-order valence-corrected chi connectivity index (χ3v) is 3.09. The summed E-state index contributed by atoms with van der Waals surface area (Å²) in [6.45, 7) is 0.371. The number of aromatic carboxylic acids is 1. The van der Waals surface area contributed by atoms with Crippen molar-refractivity contribution in [3.8, 4) is 5.75 Å². The van der Waals surface area contributed by atoms with Crippen LogP contribution in [0.25, 0.3) is 0 Å². The van der Waals surface area contributed by atoms with E-state index in [4.69, 9.17) is 9.84 Å². The van der Waals surface area contributed by atoms with Crippen molar-refractivity contribution in [1.29, 1.82) is 0 Å². The Bertz CT molecular complexity index is 620. The van der Waals surface area contributed by atoms with Gasteiger partial charge in [0.25, 0.3) is 0 Å². The summed E-state index contributed by atoms with van der Waals surface area (Å²) in [6, 6.07) is 13.6. The predicted octanol–water partition coefficient (Wildman–Crippen LogP) is 2.56. The first-order valence-electron chi connectivity index (χ1n) is 6.32. The molecule has 0 atom stereocenters. The fraction of sp³-hybridized carbons (Fsp3) is 0.125. The number of ether oxygens (including phenoxy) is 1. The number of carboxylic acid groups (broad SMARTS) is 1. The lowest BCUT2D eigenvalue weighted by Crippen LogP contribution is -2.20. The average Bonchev–Trinajstić information content (AvgIpc) is 2.53. The van der Waals surface area contributed by atoms with Crippen LogP contribution in [0.15, 0.2) is 48.5 Å². The minimum Gasteiger partial charge on any atom is -0.497 e. The summed E-state index contributed by atoms with van der Waals surface area (Å²) in [5.41, 5.74) is 1.82. The molecule has 1 N–H and O–H groups in total. The second-order valence-corrected chi connectivity index (χ2v) is 4.43. The third kappa shape index (κ3) is 3.60. The number of amides is 1. The summed E-state index contributed by atoms with van der Waals surface area (Å²) in [7, 11) is 1.58. The van der Waals surface area contributed by atoms with Gasteiger partial charge in [0.2, 0.25) is 6.41 Å². The lowest BCUT2D eigenvalue weighted by Gasteiger charge is -2.18. The number of nitrogens with zero attached hydrogens (tertiary/aromatic N) is 1. The predicted molar refractivity (Wildman–Crippen MR) is 78.6 cm³/mol. The van der Waals surface area contributed by atoms with Crippen LogP contribution in [0.4, 0.5) is 5.69 Å². The number of carbonyl (C=O) groups is 2. The van der Waals surface area contributed by atoms with Crippen molar-refractivity contribution in [3.05, 3.63) is 59.7 Å². The Hall–Kier alpha value is -2.82. The summed E-state index contributed by atoms with van der Waals surface area (Å²) < 4.78 is 5.07. The highest BCUT2D eigenvalue weighted by Gasteiger charge is 2.08. The summed E-state index contributed by atoms with van der Waals surface area (Å²) >= 11 is 0. The molecule has 0 saturated carbocycles. The van der Waals surface area contributed by atoms with Gasteiger partial charge in [0.15, 0.2) is 0 Å². The van der Waals surface area contributed by atoms with Crippen LogP contribution in [0.1, 0.15) is 15.9 Å². The Morgan fingerprint density at radius 1 is 1.14 bits per heavy atom. The average molecular weight is 285 g/mol. The van der Waals surface area contributed by atoms with E-state index in [1.54, 1.807) is 43.5 Å². The zero-order valence-electron chi connectivity index (χ0n) is 11.5. The van der Waals surface area contributed by atoms with E-state index in [1.807, 2.05) is 0 Å². The molecule has 0 aromatic heterocycles. The van der Waals surface area contributed by atoms with Crippen molar-refractivity contribution in [3.63, 3.8) is 0 Å². The van der Waals surface area contributed by atoms with Crippen molar-refractivity contribution in [2.75, 3.05) is 12.0 Å². The van der Waals surface area contributed by atoms with Crippen LogP contribution in [0.3, 0.4) is 0 Å². The highest BCUT2D eigenvalue weighted by Crippen LogP contribution is 2.20. The van der Waals surface area contributed by atoms with Gasteiger partial charge in [0.05, 0.1) is 19.2 Å². The van der Waals surface area contributed by atoms with E-state index in [0.717, 1.165) is 23.4 Å². The number of hydrogen-bond donors (Lipinski definition) is 1. The molecule has 0 aliphatic carbocycles. The van der Waals surface area contributed by atoms with Crippen LogP contribution >= 0.6 is 0 Å². The van der Waals surface area contributed by atoms with Gasteiger partial charge in [-0.3, -0.25) is 4.79 Å². The maximum atomic E-state index is 11.2. The topological polar surface area (TPSA) is 66.8 Å². The summed E-state index contributed by atoms with van der Waals surface area (Å²) in [6.07, 6.45) is 0.743. The Labute approximate surface area is 122 Å². The number of methoxy groups -OCH3 is 1. The number of carboxylic acids is 1. The van der Waals surface area contributed by atoms with E-state index >= 15 is 0 Å². The maximum absolute atomic E-state index is 11.2. The molecule has 0 unspecified atom stereocenters. The van der Waals surface area contributed by atoms with Gasteiger partial charge in [-0.05, 0) is 42.0 Å². The Morgan fingerprint density at radius 2 is 1.76 bits per heavy atom. The van der Waals surface area contributed by atoms with Crippen molar-refractivity contribution < 1.29 is 19.4 Å². The molecule has 5 heteroatoms. The quantitative estimate of drug-likeness (QED) is 0.828.